The first-order chi connectivity index (χ1) is 12.4. The fourth-order valence-electron chi connectivity index (χ4n) is 4.31. The van der Waals surface area contributed by atoms with Crippen LogP contribution in [0.15, 0.2) is 85.2 Å². The third-order valence-corrected chi connectivity index (χ3v) is 5.54. The normalized spacial score (nSPS) is 23.6. The lowest BCUT2D eigenvalue weighted by atomic mass is 9.76. The Morgan fingerprint density at radius 3 is 2.56 bits per heavy atom. The van der Waals surface area contributed by atoms with E-state index in [9.17, 15) is 0 Å². The van der Waals surface area contributed by atoms with Gasteiger partial charge in [0.15, 0.2) is 0 Å². The van der Waals surface area contributed by atoms with E-state index in [0.29, 0.717) is 17.9 Å². The molecule has 5 rings (SSSR count). The second-order valence-corrected chi connectivity index (χ2v) is 6.92. The quantitative estimate of drug-likeness (QED) is 0.623. The average molecular weight is 324 g/mol. The van der Waals surface area contributed by atoms with Crippen LogP contribution in [0.5, 0.6) is 0 Å². The Hall–Kier alpha value is -2.87. The van der Waals surface area contributed by atoms with E-state index in [0.717, 1.165) is 6.42 Å². The lowest BCUT2D eigenvalue weighted by molar-refractivity contribution is 0.425. The molecule has 1 aliphatic heterocycles. The zero-order chi connectivity index (χ0) is 16.6. The van der Waals surface area contributed by atoms with Crippen LogP contribution in [0.2, 0.25) is 0 Å². The van der Waals surface area contributed by atoms with Gasteiger partial charge in [0.1, 0.15) is 0 Å². The van der Waals surface area contributed by atoms with Gasteiger partial charge >= 0.3 is 0 Å². The summed E-state index contributed by atoms with van der Waals surface area (Å²) in [5.74, 6) is 1.05. The molecule has 122 valence electrons. The van der Waals surface area contributed by atoms with Crippen LogP contribution in [0.4, 0.5) is 5.69 Å². The molecule has 0 amide bonds. The lowest BCUT2D eigenvalue weighted by Crippen LogP contribution is -2.29. The number of anilines is 1. The minimum Gasteiger partial charge on any atom is -0.378 e. The number of hydrogen-bond acceptors (Lipinski definition) is 2. The summed E-state index contributed by atoms with van der Waals surface area (Å²) in [5, 5.41) is 3.80. The number of fused-ring (bicyclic) bond motifs is 3. The molecule has 2 heteroatoms. The van der Waals surface area contributed by atoms with Crippen LogP contribution in [0.25, 0.3) is 11.1 Å². The highest BCUT2D eigenvalue weighted by atomic mass is 15.0. The highest BCUT2D eigenvalue weighted by Crippen LogP contribution is 2.50. The van der Waals surface area contributed by atoms with E-state index in [4.69, 9.17) is 0 Å². The summed E-state index contributed by atoms with van der Waals surface area (Å²) in [4.78, 5) is 4.17. The number of pyridine rings is 1. The summed E-state index contributed by atoms with van der Waals surface area (Å²) in [7, 11) is 0. The van der Waals surface area contributed by atoms with Gasteiger partial charge in [-0.1, -0.05) is 48.6 Å². The first-order valence-corrected chi connectivity index (χ1v) is 8.92. The topological polar surface area (TPSA) is 24.9 Å². The molecule has 3 atom stereocenters. The van der Waals surface area contributed by atoms with E-state index in [2.05, 4.69) is 83.1 Å². The Kier molecular flexibility index (Phi) is 3.41. The van der Waals surface area contributed by atoms with Gasteiger partial charge in [-0.25, -0.2) is 0 Å². The highest BCUT2D eigenvalue weighted by Gasteiger charge is 2.37. The van der Waals surface area contributed by atoms with Gasteiger partial charge in [0.2, 0.25) is 0 Å². The van der Waals surface area contributed by atoms with Gasteiger partial charge < -0.3 is 5.32 Å². The minimum atomic E-state index is 0.345. The van der Waals surface area contributed by atoms with Crippen LogP contribution < -0.4 is 5.32 Å². The molecule has 3 aromatic rings. The third kappa shape index (κ3) is 2.45. The number of aromatic nitrogens is 1. The highest BCUT2D eigenvalue weighted by molar-refractivity contribution is 5.71. The van der Waals surface area contributed by atoms with E-state index in [1.807, 2.05) is 12.4 Å². The van der Waals surface area contributed by atoms with Gasteiger partial charge in [-0.2, -0.15) is 0 Å². The van der Waals surface area contributed by atoms with Gasteiger partial charge in [-0.3, -0.25) is 4.98 Å². The zero-order valence-electron chi connectivity index (χ0n) is 14.0. The first kappa shape index (κ1) is 14.5. The summed E-state index contributed by atoms with van der Waals surface area (Å²) in [5.41, 5.74) is 6.58. The lowest BCUT2D eigenvalue weighted by Gasteiger charge is -2.37. The summed E-state index contributed by atoms with van der Waals surface area (Å²) >= 11 is 0. The minimum absolute atomic E-state index is 0.345. The summed E-state index contributed by atoms with van der Waals surface area (Å²) in [6, 6.07) is 22.1. The fourth-order valence-corrected chi connectivity index (χ4v) is 4.31. The van der Waals surface area contributed by atoms with Crippen LogP contribution in [0.1, 0.15) is 29.5 Å². The molecule has 3 unspecified atom stereocenters. The number of nitrogens with zero attached hydrogens (tertiary/aromatic N) is 1. The monoisotopic (exact) mass is 324 g/mol. The molecule has 0 radical (unpaired) electrons. The predicted octanol–water partition coefficient (Wildman–Crippen LogP) is 5.58. The molecule has 0 saturated carbocycles. The Bertz CT molecular complexity index is 915. The maximum Gasteiger partial charge on any atom is 0.0555 e. The van der Waals surface area contributed by atoms with Crippen molar-refractivity contribution in [2.24, 2.45) is 5.92 Å². The molecule has 25 heavy (non-hydrogen) atoms. The molecular formula is C23H20N2. The van der Waals surface area contributed by atoms with Gasteiger partial charge in [0.05, 0.1) is 6.04 Å². The van der Waals surface area contributed by atoms with Crippen molar-refractivity contribution in [2.45, 2.75) is 18.4 Å². The molecule has 2 aromatic carbocycles. The van der Waals surface area contributed by atoms with Crippen molar-refractivity contribution in [1.29, 1.82) is 0 Å². The zero-order valence-corrected chi connectivity index (χ0v) is 14.0. The van der Waals surface area contributed by atoms with E-state index < -0.39 is 0 Å². The Labute approximate surface area is 148 Å². The smallest absolute Gasteiger partial charge is 0.0555 e. The average Bonchev–Trinajstić information content (AvgIpc) is 3.18. The molecule has 0 saturated heterocycles. The Morgan fingerprint density at radius 1 is 0.880 bits per heavy atom. The summed E-state index contributed by atoms with van der Waals surface area (Å²) < 4.78 is 0. The number of allylic oxidation sites excluding steroid dienone is 2. The molecule has 2 nitrogen and oxygen atoms in total. The van der Waals surface area contributed by atoms with Gasteiger partial charge in [0, 0.05) is 24.0 Å². The molecule has 0 bridgehead atoms. The van der Waals surface area contributed by atoms with Crippen LogP contribution >= 0.6 is 0 Å². The van der Waals surface area contributed by atoms with Gasteiger partial charge in [0.25, 0.3) is 0 Å². The van der Waals surface area contributed by atoms with Crippen molar-refractivity contribution in [2.75, 3.05) is 5.32 Å². The molecular weight excluding hydrogens is 304 g/mol. The second-order valence-electron chi connectivity index (χ2n) is 6.92. The van der Waals surface area contributed by atoms with Gasteiger partial charge in [-0.15, -0.1) is 0 Å². The third-order valence-electron chi connectivity index (χ3n) is 5.54. The largest absolute Gasteiger partial charge is 0.378 e. The van der Waals surface area contributed by atoms with Crippen molar-refractivity contribution in [3.05, 3.63) is 96.3 Å². The molecule has 1 aromatic heterocycles. The van der Waals surface area contributed by atoms with Crippen molar-refractivity contribution in [1.82, 2.24) is 4.98 Å². The molecule has 2 aliphatic rings. The van der Waals surface area contributed by atoms with E-state index in [-0.39, 0.29) is 0 Å². The number of hydrogen-bond donors (Lipinski definition) is 1. The maximum absolute atomic E-state index is 4.17. The molecule has 2 heterocycles. The van der Waals surface area contributed by atoms with Crippen LogP contribution in [0.3, 0.4) is 0 Å². The number of rotatable bonds is 2. The SMILES string of the molecule is C1=CC2c3cc(-c4ccccc4)ccc3NC(c3ccncc3)C2C1. The predicted molar refractivity (Wildman–Crippen MR) is 102 cm³/mol. The number of nitrogens with one attached hydrogen (secondary N) is 1. The fraction of sp³-hybridized carbons (Fsp3) is 0.174. The van der Waals surface area contributed by atoms with Crippen molar-refractivity contribution in [3.8, 4) is 11.1 Å². The molecule has 0 spiro atoms. The van der Waals surface area contributed by atoms with E-state index >= 15 is 0 Å². The number of benzene rings is 2. The Morgan fingerprint density at radius 2 is 1.72 bits per heavy atom. The summed E-state index contributed by atoms with van der Waals surface area (Å²) in [6.07, 6.45) is 9.65. The first-order valence-electron chi connectivity index (χ1n) is 8.92. The molecule has 1 aliphatic carbocycles. The van der Waals surface area contributed by atoms with Crippen LogP contribution in [0, 0.1) is 5.92 Å². The van der Waals surface area contributed by atoms with Crippen molar-refractivity contribution in [3.63, 3.8) is 0 Å². The standard InChI is InChI=1S/C23H20N2/c1-2-5-16(6-3-1)18-9-10-22-21(15-18)19-7-4-8-20(19)23(25-22)17-11-13-24-14-12-17/h1-7,9-15,19-20,23,25H,8H2. The van der Waals surface area contributed by atoms with Crippen LogP contribution in [-0.4, -0.2) is 4.98 Å². The van der Waals surface area contributed by atoms with Crippen molar-refractivity contribution < 1.29 is 0 Å². The summed E-state index contributed by atoms with van der Waals surface area (Å²) in [6.45, 7) is 0. The second kappa shape index (κ2) is 5.89. The van der Waals surface area contributed by atoms with Crippen LogP contribution in [-0.2, 0) is 0 Å². The van der Waals surface area contributed by atoms with E-state index in [1.165, 1.54) is 27.9 Å². The maximum atomic E-state index is 4.17. The molecule has 1 N–H and O–H groups in total. The van der Waals surface area contributed by atoms with E-state index in [1.54, 1.807) is 0 Å². The van der Waals surface area contributed by atoms with Gasteiger partial charge in [-0.05, 0) is 58.9 Å². The van der Waals surface area contributed by atoms with Crippen molar-refractivity contribution >= 4 is 5.69 Å². The molecule has 0 fully saturated rings. The Balaban J connectivity index is 1.58.